The van der Waals surface area contributed by atoms with Gasteiger partial charge in [-0.25, -0.2) is 0 Å². The standard InChI is InChI=1S/C13H20O9/c1-6(14)19-5-9-11(20-7(2)15)12(21-8(3)16)10(17)13(18-4)22-9/h9-13,17H,5H2,1-4H3/t9-,10-,11+,12-,13-/m1/s1. The van der Waals surface area contributed by atoms with Crippen LogP contribution in [0.2, 0.25) is 0 Å². The second-order valence-electron chi connectivity index (χ2n) is 4.72. The van der Waals surface area contributed by atoms with Crippen LogP contribution in [-0.4, -0.2) is 67.4 Å². The lowest BCUT2D eigenvalue weighted by atomic mass is 9.98. The van der Waals surface area contributed by atoms with Crippen LogP contribution >= 0.6 is 0 Å². The van der Waals surface area contributed by atoms with E-state index in [4.69, 9.17) is 23.7 Å². The summed E-state index contributed by atoms with van der Waals surface area (Å²) in [5, 5.41) is 10.1. The van der Waals surface area contributed by atoms with Crippen molar-refractivity contribution < 1.29 is 43.2 Å². The Hall–Kier alpha value is -1.71. The van der Waals surface area contributed by atoms with Crippen molar-refractivity contribution in [3.05, 3.63) is 0 Å². The van der Waals surface area contributed by atoms with Crippen LogP contribution in [0.3, 0.4) is 0 Å². The summed E-state index contributed by atoms with van der Waals surface area (Å²) in [5.41, 5.74) is 0. The van der Waals surface area contributed by atoms with Crippen molar-refractivity contribution in [3.8, 4) is 0 Å². The molecule has 0 aromatic rings. The third kappa shape index (κ3) is 4.93. The Morgan fingerprint density at radius 3 is 2.00 bits per heavy atom. The molecular formula is C13H20O9. The topological polar surface area (TPSA) is 118 Å². The van der Waals surface area contributed by atoms with Crippen LogP contribution < -0.4 is 0 Å². The lowest BCUT2D eigenvalue weighted by molar-refractivity contribution is -0.299. The first-order valence-electron chi connectivity index (χ1n) is 6.60. The van der Waals surface area contributed by atoms with Crippen LogP contribution in [0.1, 0.15) is 20.8 Å². The summed E-state index contributed by atoms with van der Waals surface area (Å²) in [6.07, 6.45) is -5.79. The van der Waals surface area contributed by atoms with Crippen molar-refractivity contribution in [2.24, 2.45) is 0 Å². The van der Waals surface area contributed by atoms with E-state index in [0.717, 1.165) is 13.8 Å². The maximum atomic E-state index is 11.2. The number of aliphatic hydroxyl groups excluding tert-OH is 1. The zero-order chi connectivity index (χ0) is 16.9. The summed E-state index contributed by atoms with van der Waals surface area (Å²) >= 11 is 0. The van der Waals surface area contributed by atoms with Gasteiger partial charge in [0.15, 0.2) is 18.5 Å². The van der Waals surface area contributed by atoms with Gasteiger partial charge in [-0.3, -0.25) is 14.4 Å². The Bertz CT molecular complexity index is 422. The predicted molar refractivity (Wildman–Crippen MR) is 69.4 cm³/mol. The molecule has 0 unspecified atom stereocenters. The molecule has 126 valence electrons. The van der Waals surface area contributed by atoms with Crippen molar-refractivity contribution in [1.82, 2.24) is 0 Å². The Morgan fingerprint density at radius 1 is 1.00 bits per heavy atom. The van der Waals surface area contributed by atoms with E-state index in [1.165, 1.54) is 14.0 Å². The van der Waals surface area contributed by atoms with Crippen LogP contribution in [0.25, 0.3) is 0 Å². The molecule has 0 aliphatic carbocycles. The van der Waals surface area contributed by atoms with Gasteiger partial charge < -0.3 is 28.8 Å². The van der Waals surface area contributed by atoms with E-state index in [0.29, 0.717) is 0 Å². The average Bonchev–Trinajstić information content (AvgIpc) is 2.41. The smallest absolute Gasteiger partial charge is 0.303 e. The Balaban J connectivity index is 3.00. The second-order valence-corrected chi connectivity index (χ2v) is 4.72. The Morgan fingerprint density at radius 2 is 1.55 bits per heavy atom. The van der Waals surface area contributed by atoms with E-state index in [-0.39, 0.29) is 6.61 Å². The number of ether oxygens (including phenoxy) is 5. The molecule has 0 radical (unpaired) electrons. The molecule has 0 amide bonds. The normalized spacial score (nSPS) is 31.2. The number of methoxy groups -OCH3 is 1. The van der Waals surface area contributed by atoms with Gasteiger partial charge in [0, 0.05) is 27.9 Å². The van der Waals surface area contributed by atoms with Crippen LogP contribution in [0.15, 0.2) is 0 Å². The highest BCUT2D eigenvalue weighted by molar-refractivity contribution is 5.67. The second kappa shape index (κ2) is 8.06. The number of aliphatic hydroxyl groups is 1. The van der Waals surface area contributed by atoms with Crippen molar-refractivity contribution in [3.63, 3.8) is 0 Å². The van der Waals surface area contributed by atoms with Crippen LogP contribution in [0, 0.1) is 0 Å². The van der Waals surface area contributed by atoms with Crippen molar-refractivity contribution >= 4 is 17.9 Å². The van der Waals surface area contributed by atoms with Crippen molar-refractivity contribution in [2.45, 2.75) is 51.5 Å². The third-order valence-electron chi connectivity index (χ3n) is 2.90. The van der Waals surface area contributed by atoms with E-state index < -0.39 is 48.6 Å². The van der Waals surface area contributed by atoms with Gasteiger partial charge in [-0.1, -0.05) is 0 Å². The summed E-state index contributed by atoms with van der Waals surface area (Å²) < 4.78 is 25.3. The van der Waals surface area contributed by atoms with E-state index >= 15 is 0 Å². The fourth-order valence-corrected chi connectivity index (χ4v) is 2.08. The minimum Gasteiger partial charge on any atom is -0.463 e. The molecule has 22 heavy (non-hydrogen) atoms. The van der Waals surface area contributed by atoms with Gasteiger partial charge in [0.1, 0.15) is 18.8 Å². The van der Waals surface area contributed by atoms with Crippen LogP contribution in [0.4, 0.5) is 0 Å². The van der Waals surface area contributed by atoms with E-state index in [9.17, 15) is 19.5 Å². The number of carbonyl (C=O) groups excluding carboxylic acids is 3. The molecule has 1 saturated heterocycles. The first-order valence-corrected chi connectivity index (χ1v) is 6.60. The lowest BCUT2D eigenvalue weighted by Crippen LogP contribution is -2.61. The zero-order valence-corrected chi connectivity index (χ0v) is 12.8. The van der Waals surface area contributed by atoms with Crippen LogP contribution in [0.5, 0.6) is 0 Å². The highest BCUT2D eigenvalue weighted by Gasteiger charge is 2.49. The molecule has 0 aromatic heterocycles. The van der Waals surface area contributed by atoms with Gasteiger partial charge in [-0.2, -0.15) is 0 Å². The lowest BCUT2D eigenvalue weighted by Gasteiger charge is -2.42. The monoisotopic (exact) mass is 320 g/mol. The molecule has 5 atom stereocenters. The average molecular weight is 320 g/mol. The van der Waals surface area contributed by atoms with E-state index in [1.54, 1.807) is 0 Å². The number of carbonyl (C=O) groups is 3. The summed E-state index contributed by atoms with van der Waals surface area (Å²) in [7, 11) is 1.29. The van der Waals surface area contributed by atoms with Crippen molar-refractivity contribution in [2.75, 3.05) is 13.7 Å². The first kappa shape index (κ1) is 18.3. The molecule has 0 bridgehead atoms. The molecule has 1 heterocycles. The maximum Gasteiger partial charge on any atom is 0.303 e. The first-order chi connectivity index (χ1) is 10.3. The molecule has 9 nitrogen and oxygen atoms in total. The zero-order valence-electron chi connectivity index (χ0n) is 12.8. The number of esters is 3. The molecule has 9 heteroatoms. The Kier molecular flexibility index (Phi) is 6.72. The van der Waals surface area contributed by atoms with Crippen LogP contribution in [-0.2, 0) is 38.1 Å². The van der Waals surface area contributed by atoms with Gasteiger partial charge in [0.2, 0.25) is 0 Å². The molecule has 1 N–H and O–H groups in total. The molecule has 1 fully saturated rings. The van der Waals surface area contributed by atoms with Gasteiger partial charge >= 0.3 is 17.9 Å². The molecule has 0 spiro atoms. The minimum atomic E-state index is -1.37. The predicted octanol–water partition coefficient (Wildman–Crippen LogP) is -0.855. The molecule has 1 aliphatic rings. The largest absolute Gasteiger partial charge is 0.463 e. The molecule has 0 saturated carbocycles. The highest BCUT2D eigenvalue weighted by atomic mass is 16.7. The molecule has 0 aromatic carbocycles. The quantitative estimate of drug-likeness (QED) is 0.510. The van der Waals surface area contributed by atoms with E-state index in [1.807, 2.05) is 0 Å². The summed E-state index contributed by atoms with van der Waals surface area (Å²) in [4.78, 5) is 33.4. The summed E-state index contributed by atoms with van der Waals surface area (Å²) in [5.74, 6) is -1.90. The highest BCUT2D eigenvalue weighted by Crippen LogP contribution is 2.27. The Labute approximate surface area is 127 Å². The minimum absolute atomic E-state index is 0.252. The number of rotatable bonds is 5. The van der Waals surface area contributed by atoms with Gasteiger partial charge in [-0.05, 0) is 0 Å². The molecule has 1 aliphatic heterocycles. The van der Waals surface area contributed by atoms with Gasteiger partial charge in [-0.15, -0.1) is 0 Å². The van der Waals surface area contributed by atoms with Gasteiger partial charge in [0.05, 0.1) is 0 Å². The molecule has 1 rings (SSSR count). The van der Waals surface area contributed by atoms with Gasteiger partial charge in [0.25, 0.3) is 0 Å². The molecular weight excluding hydrogens is 300 g/mol. The SMILES string of the molecule is CO[C@@H]1O[C@H](COC(C)=O)[C@H](OC(C)=O)[C@H](OC(C)=O)[C@H]1O. The summed E-state index contributed by atoms with van der Waals surface area (Å²) in [6.45, 7) is 3.26. The number of hydrogen-bond donors (Lipinski definition) is 1. The third-order valence-corrected chi connectivity index (χ3v) is 2.90. The number of hydrogen-bond acceptors (Lipinski definition) is 9. The maximum absolute atomic E-state index is 11.2. The van der Waals surface area contributed by atoms with E-state index in [2.05, 4.69) is 0 Å². The van der Waals surface area contributed by atoms with Crippen molar-refractivity contribution in [1.29, 1.82) is 0 Å². The fraction of sp³-hybridized carbons (Fsp3) is 0.769. The summed E-state index contributed by atoms with van der Waals surface area (Å²) in [6, 6.07) is 0. The fourth-order valence-electron chi connectivity index (χ4n) is 2.08.